The largest absolute Gasteiger partial charge is 0.472 e. The number of unbranched alkanes of at least 4 members (excludes halogenated alkanes) is 48. The number of phosphoric ester groups is 2. The SMILES string of the molecule is CCCCCCCCCCCCCCCCCCCCCC(=O)O[C@H](COC(=O)CCCCCCCCCCCCCCC(C)C)COP(=O)(O)OC[C@@H](O)COP(=O)(O)OC[C@@H](COC(=O)CCCCCCCCCCCCC)OC(=O)CCCCCCCCCCCCC(C)C. The fraction of sp³-hybridized carbons (Fsp3) is 0.949. The molecule has 0 saturated carbocycles. The van der Waals surface area contributed by atoms with Crippen molar-refractivity contribution >= 4 is 39.5 Å². The zero-order chi connectivity index (χ0) is 72.1. The van der Waals surface area contributed by atoms with Crippen LogP contribution in [0.3, 0.4) is 0 Å². The van der Waals surface area contributed by atoms with Crippen LogP contribution < -0.4 is 0 Å². The second-order valence-electron chi connectivity index (χ2n) is 29.4. The molecule has 0 aliphatic rings. The highest BCUT2D eigenvalue weighted by molar-refractivity contribution is 7.47. The van der Waals surface area contributed by atoms with Gasteiger partial charge in [0.15, 0.2) is 12.2 Å². The van der Waals surface area contributed by atoms with E-state index in [0.717, 1.165) is 102 Å². The van der Waals surface area contributed by atoms with Gasteiger partial charge in [0.25, 0.3) is 0 Å². The predicted molar refractivity (Wildman–Crippen MR) is 400 cm³/mol. The number of aliphatic hydroxyl groups is 1. The van der Waals surface area contributed by atoms with Crippen LogP contribution in [-0.4, -0.2) is 96.7 Å². The Morgan fingerprint density at radius 3 is 0.694 bits per heavy atom. The molecule has 0 heterocycles. The summed E-state index contributed by atoms with van der Waals surface area (Å²) in [6, 6.07) is 0. The molecule has 0 aromatic rings. The van der Waals surface area contributed by atoms with Crippen LogP contribution in [-0.2, 0) is 65.4 Å². The highest BCUT2D eigenvalue weighted by Crippen LogP contribution is 2.45. The van der Waals surface area contributed by atoms with Crippen molar-refractivity contribution in [1.82, 2.24) is 0 Å². The minimum absolute atomic E-state index is 0.106. The second-order valence-corrected chi connectivity index (χ2v) is 32.3. The van der Waals surface area contributed by atoms with E-state index in [0.29, 0.717) is 25.7 Å². The lowest BCUT2D eigenvalue weighted by molar-refractivity contribution is -0.161. The highest BCUT2D eigenvalue weighted by atomic mass is 31.2. The average molecular weight is 1440 g/mol. The van der Waals surface area contributed by atoms with Gasteiger partial charge in [-0.2, -0.15) is 0 Å². The molecule has 0 bridgehead atoms. The average Bonchev–Trinajstić information content (AvgIpc) is 1.09. The maximum absolute atomic E-state index is 13.1. The van der Waals surface area contributed by atoms with Crippen LogP contribution in [0.1, 0.15) is 414 Å². The number of phosphoric acid groups is 2. The summed E-state index contributed by atoms with van der Waals surface area (Å²) in [4.78, 5) is 72.9. The van der Waals surface area contributed by atoms with Crippen molar-refractivity contribution in [3.63, 3.8) is 0 Å². The van der Waals surface area contributed by atoms with Gasteiger partial charge < -0.3 is 33.8 Å². The van der Waals surface area contributed by atoms with Crippen LogP contribution in [0, 0.1) is 11.8 Å². The summed E-state index contributed by atoms with van der Waals surface area (Å²) in [5, 5.41) is 10.6. The molecule has 0 radical (unpaired) electrons. The third-order valence-electron chi connectivity index (χ3n) is 18.5. The quantitative estimate of drug-likeness (QED) is 0.0222. The highest BCUT2D eigenvalue weighted by Gasteiger charge is 2.30. The summed E-state index contributed by atoms with van der Waals surface area (Å²) >= 11 is 0. The molecule has 0 aromatic heterocycles. The van der Waals surface area contributed by atoms with Crippen molar-refractivity contribution in [1.29, 1.82) is 0 Å². The summed E-state index contributed by atoms with van der Waals surface area (Å²) in [6.45, 7) is 9.62. The van der Waals surface area contributed by atoms with Gasteiger partial charge >= 0.3 is 39.5 Å². The molecule has 0 aliphatic carbocycles. The first-order chi connectivity index (χ1) is 47.4. The van der Waals surface area contributed by atoms with Crippen LogP contribution in [0.4, 0.5) is 0 Å². The fourth-order valence-corrected chi connectivity index (χ4v) is 13.8. The Balaban J connectivity index is 5.24. The zero-order valence-electron chi connectivity index (χ0n) is 64.1. The first kappa shape index (κ1) is 96.1. The Morgan fingerprint density at radius 2 is 0.469 bits per heavy atom. The molecule has 3 N–H and O–H groups in total. The van der Waals surface area contributed by atoms with Crippen molar-refractivity contribution in [2.24, 2.45) is 11.8 Å². The van der Waals surface area contributed by atoms with Crippen molar-refractivity contribution in [2.75, 3.05) is 39.6 Å². The monoisotopic (exact) mass is 1440 g/mol. The molecule has 0 rings (SSSR count). The number of carbonyl (C=O) groups excluding carboxylic acids is 4. The molecule has 0 fully saturated rings. The maximum atomic E-state index is 13.1. The van der Waals surface area contributed by atoms with Gasteiger partial charge in [0, 0.05) is 25.7 Å². The Hall–Kier alpha value is -1.94. The van der Waals surface area contributed by atoms with Gasteiger partial charge in [-0.15, -0.1) is 0 Å². The van der Waals surface area contributed by atoms with E-state index in [-0.39, 0.29) is 25.7 Å². The molecule has 19 heteroatoms. The van der Waals surface area contributed by atoms with Gasteiger partial charge in [-0.1, -0.05) is 363 Å². The topological polar surface area (TPSA) is 237 Å². The standard InChI is InChI=1S/C79H154O17P2/c1-7-9-11-13-15-17-19-20-21-22-23-24-25-26-32-39-45-51-57-63-78(83)95-74(68-90-77(82)62-56-50-44-38-31-28-27-30-35-41-47-53-59-71(3)4)69-93-97(85,86)91-65-73(80)66-92-98(87,88)94-70-75(67-89-76(81)61-55-49-43-37-29-18-16-14-12-10-8-2)96-79(84)64-58-52-46-40-34-33-36-42-48-54-60-72(5)6/h71-75,80H,7-70H2,1-6H3,(H,85,86)(H,87,88)/t73-,74-,75-/m1/s1. The smallest absolute Gasteiger partial charge is 0.462 e. The molecular formula is C79H154O17P2. The van der Waals surface area contributed by atoms with E-state index < -0.39 is 97.5 Å². The van der Waals surface area contributed by atoms with Gasteiger partial charge in [0.05, 0.1) is 26.4 Å². The lowest BCUT2D eigenvalue weighted by atomic mass is 10.0. The Labute approximate surface area is 600 Å². The molecule has 0 aromatic carbocycles. The van der Waals surface area contributed by atoms with Crippen LogP contribution >= 0.6 is 15.6 Å². The van der Waals surface area contributed by atoms with E-state index in [2.05, 4.69) is 41.5 Å². The fourth-order valence-electron chi connectivity index (χ4n) is 12.2. The van der Waals surface area contributed by atoms with Crippen LogP contribution in [0.25, 0.3) is 0 Å². The molecule has 2 unspecified atom stereocenters. The lowest BCUT2D eigenvalue weighted by Crippen LogP contribution is -2.30. The maximum Gasteiger partial charge on any atom is 0.472 e. The molecule has 582 valence electrons. The van der Waals surface area contributed by atoms with E-state index in [4.69, 9.17) is 37.0 Å². The van der Waals surface area contributed by atoms with E-state index in [1.165, 1.54) is 231 Å². The van der Waals surface area contributed by atoms with Crippen LogP contribution in [0.15, 0.2) is 0 Å². The number of rotatable bonds is 78. The third-order valence-corrected chi connectivity index (χ3v) is 20.4. The molecule has 5 atom stereocenters. The van der Waals surface area contributed by atoms with Crippen molar-refractivity contribution in [3.05, 3.63) is 0 Å². The van der Waals surface area contributed by atoms with E-state index in [1.54, 1.807) is 0 Å². The van der Waals surface area contributed by atoms with E-state index in [9.17, 15) is 43.2 Å². The molecule has 0 saturated heterocycles. The zero-order valence-corrected chi connectivity index (χ0v) is 65.9. The van der Waals surface area contributed by atoms with E-state index >= 15 is 0 Å². The minimum atomic E-state index is -4.96. The van der Waals surface area contributed by atoms with Gasteiger partial charge in [0.2, 0.25) is 0 Å². The van der Waals surface area contributed by atoms with Crippen molar-refractivity contribution in [3.8, 4) is 0 Å². The first-order valence-electron chi connectivity index (χ1n) is 41.0. The van der Waals surface area contributed by atoms with Crippen molar-refractivity contribution in [2.45, 2.75) is 432 Å². The minimum Gasteiger partial charge on any atom is -0.462 e. The third kappa shape index (κ3) is 72.4. The Bertz CT molecular complexity index is 1890. The van der Waals surface area contributed by atoms with Crippen LogP contribution in [0.5, 0.6) is 0 Å². The molecule has 0 aliphatic heterocycles. The van der Waals surface area contributed by atoms with Gasteiger partial charge in [-0.25, -0.2) is 9.13 Å². The Morgan fingerprint density at radius 1 is 0.276 bits per heavy atom. The summed E-state index contributed by atoms with van der Waals surface area (Å²) < 4.78 is 68.7. The van der Waals surface area contributed by atoms with Gasteiger partial charge in [0.1, 0.15) is 19.3 Å². The molecular weight excluding hydrogens is 1280 g/mol. The summed E-state index contributed by atoms with van der Waals surface area (Å²) in [6.07, 6.45) is 59.6. The first-order valence-corrected chi connectivity index (χ1v) is 44.0. The summed E-state index contributed by atoms with van der Waals surface area (Å²) in [5.74, 6) is -0.577. The number of hydrogen-bond acceptors (Lipinski definition) is 15. The number of carbonyl (C=O) groups is 4. The Kier molecular flexibility index (Phi) is 69.3. The number of aliphatic hydroxyl groups excluding tert-OH is 1. The summed E-state index contributed by atoms with van der Waals surface area (Å²) in [7, 11) is -9.92. The number of ether oxygens (including phenoxy) is 4. The lowest BCUT2D eigenvalue weighted by Gasteiger charge is -2.21. The predicted octanol–water partition coefficient (Wildman–Crippen LogP) is 23.5. The van der Waals surface area contributed by atoms with Crippen molar-refractivity contribution < 1.29 is 80.2 Å². The van der Waals surface area contributed by atoms with Gasteiger partial charge in [-0.05, 0) is 37.5 Å². The molecule has 17 nitrogen and oxygen atoms in total. The normalized spacial score (nSPS) is 13.9. The second kappa shape index (κ2) is 70.7. The number of hydrogen-bond donors (Lipinski definition) is 3. The van der Waals surface area contributed by atoms with Crippen LogP contribution in [0.2, 0.25) is 0 Å². The number of esters is 4. The molecule has 0 amide bonds. The molecule has 0 spiro atoms. The van der Waals surface area contributed by atoms with Gasteiger partial charge in [-0.3, -0.25) is 37.3 Å². The van der Waals surface area contributed by atoms with E-state index in [1.807, 2.05) is 0 Å². The summed E-state index contributed by atoms with van der Waals surface area (Å²) in [5.41, 5.74) is 0. The molecule has 98 heavy (non-hydrogen) atoms.